The molecule has 0 amide bonds. The summed E-state index contributed by atoms with van der Waals surface area (Å²) in [6, 6.07) is 7.01. The average Bonchev–Trinajstić information content (AvgIpc) is 2.39. The van der Waals surface area contributed by atoms with Crippen LogP contribution in [0.1, 0.15) is 29.9 Å². The van der Waals surface area contributed by atoms with Crippen LogP contribution in [0.15, 0.2) is 18.2 Å². The van der Waals surface area contributed by atoms with Crippen LogP contribution in [0.25, 0.3) is 0 Å². The van der Waals surface area contributed by atoms with Crippen LogP contribution >= 0.6 is 0 Å². The first-order valence-electron chi connectivity index (χ1n) is 7.01. The molecule has 2 nitrogen and oxygen atoms in total. The molecule has 1 saturated heterocycles. The Labute approximate surface area is 103 Å². The number of benzene rings is 1. The van der Waals surface area contributed by atoms with Crippen LogP contribution in [0.4, 0.5) is 5.69 Å². The number of anilines is 1. The van der Waals surface area contributed by atoms with E-state index >= 15 is 0 Å². The molecule has 90 valence electrons. The van der Waals surface area contributed by atoms with E-state index in [4.69, 9.17) is 0 Å². The van der Waals surface area contributed by atoms with Crippen LogP contribution < -0.4 is 10.2 Å². The number of para-hydroxylation sites is 1. The molecule has 1 aromatic carbocycles. The molecule has 4 rings (SSSR count). The molecule has 0 spiro atoms. The highest BCUT2D eigenvalue weighted by atomic mass is 15.2. The topological polar surface area (TPSA) is 15.3 Å². The fourth-order valence-electron chi connectivity index (χ4n) is 4.06. The fourth-order valence-corrected chi connectivity index (χ4v) is 4.06. The maximum absolute atomic E-state index is 3.57. The number of nitrogens with one attached hydrogen (secondary N) is 1. The molecule has 3 heterocycles. The Hall–Kier alpha value is -1.02. The van der Waals surface area contributed by atoms with Crippen molar-refractivity contribution in [2.45, 2.75) is 25.2 Å². The van der Waals surface area contributed by atoms with Crippen LogP contribution in [0, 0.1) is 5.92 Å². The summed E-state index contributed by atoms with van der Waals surface area (Å²) in [6.45, 7) is 4.96. The minimum absolute atomic E-state index is 0.820. The first-order chi connectivity index (χ1) is 8.43. The minimum Gasteiger partial charge on any atom is -0.371 e. The number of nitrogens with zero attached hydrogens (tertiary/aromatic N) is 1. The Morgan fingerprint density at radius 2 is 2.29 bits per heavy atom. The van der Waals surface area contributed by atoms with Crippen molar-refractivity contribution >= 4 is 5.69 Å². The van der Waals surface area contributed by atoms with Gasteiger partial charge in [-0.25, -0.2) is 0 Å². The predicted molar refractivity (Wildman–Crippen MR) is 70.7 cm³/mol. The number of rotatable bonds is 0. The van der Waals surface area contributed by atoms with Gasteiger partial charge in [0.15, 0.2) is 0 Å². The van der Waals surface area contributed by atoms with Gasteiger partial charge in [-0.3, -0.25) is 0 Å². The summed E-state index contributed by atoms with van der Waals surface area (Å²) in [7, 11) is 0. The van der Waals surface area contributed by atoms with Gasteiger partial charge < -0.3 is 10.2 Å². The van der Waals surface area contributed by atoms with E-state index in [2.05, 4.69) is 28.4 Å². The second-order valence-electron chi connectivity index (χ2n) is 5.76. The first kappa shape index (κ1) is 9.95. The van der Waals surface area contributed by atoms with Gasteiger partial charge in [0.2, 0.25) is 0 Å². The average molecular weight is 228 g/mol. The van der Waals surface area contributed by atoms with Gasteiger partial charge in [0, 0.05) is 25.3 Å². The summed E-state index contributed by atoms with van der Waals surface area (Å²) in [4.78, 5) is 2.66. The van der Waals surface area contributed by atoms with Crippen LogP contribution in [-0.4, -0.2) is 26.2 Å². The van der Waals surface area contributed by atoms with E-state index in [1.165, 1.54) is 45.4 Å². The van der Waals surface area contributed by atoms with Crippen molar-refractivity contribution in [2.75, 3.05) is 31.1 Å². The van der Waals surface area contributed by atoms with Crippen molar-refractivity contribution in [3.05, 3.63) is 29.3 Å². The molecule has 1 fully saturated rings. The molecule has 2 atom stereocenters. The minimum atomic E-state index is 0.820. The third kappa shape index (κ3) is 1.43. The second kappa shape index (κ2) is 3.74. The van der Waals surface area contributed by atoms with Crippen molar-refractivity contribution in [2.24, 2.45) is 5.92 Å². The third-order valence-corrected chi connectivity index (χ3v) is 4.80. The van der Waals surface area contributed by atoms with Gasteiger partial charge in [0.1, 0.15) is 0 Å². The summed E-state index contributed by atoms with van der Waals surface area (Å²) in [5.74, 6) is 1.66. The van der Waals surface area contributed by atoms with Crippen LogP contribution in [-0.2, 0) is 6.42 Å². The SMILES string of the molecule is c1cc2c3c(c1)[C@@H]1CCNC[C@@H]1CN3CCC2. The predicted octanol–water partition coefficient (Wildman–Crippen LogP) is 2.15. The third-order valence-electron chi connectivity index (χ3n) is 4.80. The van der Waals surface area contributed by atoms with Gasteiger partial charge in [-0.1, -0.05) is 18.2 Å². The maximum atomic E-state index is 3.57. The van der Waals surface area contributed by atoms with Gasteiger partial charge in [0.25, 0.3) is 0 Å². The largest absolute Gasteiger partial charge is 0.371 e. The zero-order valence-electron chi connectivity index (χ0n) is 10.3. The Morgan fingerprint density at radius 3 is 3.29 bits per heavy atom. The lowest BCUT2D eigenvalue weighted by Gasteiger charge is -2.46. The van der Waals surface area contributed by atoms with Gasteiger partial charge in [-0.2, -0.15) is 0 Å². The normalized spacial score (nSPS) is 30.7. The highest BCUT2D eigenvalue weighted by Crippen LogP contribution is 2.44. The second-order valence-corrected chi connectivity index (χ2v) is 5.76. The van der Waals surface area contributed by atoms with Crippen LogP contribution in [0.3, 0.4) is 0 Å². The van der Waals surface area contributed by atoms with Crippen LogP contribution in [0.2, 0.25) is 0 Å². The number of fused-ring (bicyclic) bond motifs is 2. The number of aryl methyl sites for hydroxylation is 1. The molecule has 3 aliphatic heterocycles. The van der Waals surface area contributed by atoms with Crippen LogP contribution in [0.5, 0.6) is 0 Å². The van der Waals surface area contributed by atoms with E-state index in [1.54, 1.807) is 16.8 Å². The first-order valence-corrected chi connectivity index (χ1v) is 7.01. The molecule has 0 unspecified atom stereocenters. The van der Waals surface area contributed by atoms with E-state index in [-0.39, 0.29) is 0 Å². The molecular formula is C15H20N2. The van der Waals surface area contributed by atoms with Crippen molar-refractivity contribution in [1.82, 2.24) is 5.32 Å². The summed E-state index contributed by atoms with van der Waals surface area (Å²) < 4.78 is 0. The molecule has 1 N–H and O–H groups in total. The Morgan fingerprint density at radius 1 is 1.29 bits per heavy atom. The lowest BCUT2D eigenvalue weighted by molar-refractivity contribution is 0.311. The standard InChI is InChI=1S/C15H20N2/c1-3-11-4-2-8-17-10-12-9-16-7-6-13(12)14(5-1)15(11)17/h1,3,5,12-13,16H,2,4,6-10H2/t12-,13-/m1/s1. The summed E-state index contributed by atoms with van der Waals surface area (Å²) in [5, 5.41) is 3.57. The quantitative estimate of drug-likeness (QED) is 0.732. The molecule has 0 aliphatic carbocycles. The van der Waals surface area contributed by atoms with Gasteiger partial charge in [-0.05, 0) is 48.8 Å². The summed E-state index contributed by atoms with van der Waals surface area (Å²) in [5.41, 5.74) is 4.87. The Kier molecular flexibility index (Phi) is 2.19. The number of piperidine rings is 1. The molecule has 17 heavy (non-hydrogen) atoms. The van der Waals surface area contributed by atoms with Crippen molar-refractivity contribution < 1.29 is 0 Å². The molecular weight excluding hydrogens is 208 g/mol. The number of hydrogen-bond donors (Lipinski definition) is 1. The van der Waals surface area contributed by atoms with E-state index in [0.717, 1.165) is 11.8 Å². The number of hydrogen-bond acceptors (Lipinski definition) is 2. The molecule has 3 aliphatic rings. The maximum Gasteiger partial charge on any atom is 0.0434 e. The Bertz CT molecular complexity index is 441. The highest BCUT2D eigenvalue weighted by Gasteiger charge is 2.36. The highest BCUT2D eigenvalue weighted by molar-refractivity contribution is 5.64. The van der Waals surface area contributed by atoms with Crippen molar-refractivity contribution in [1.29, 1.82) is 0 Å². The monoisotopic (exact) mass is 228 g/mol. The molecule has 0 aromatic heterocycles. The van der Waals surface area contributed by atoms with Gasteiger partial charge in [0.05, 0.1) is 0 Å². The molecule has 2 heteroatoms. The van der Waals surface area contributed by atoms with Gasteiger partial charge >= 0.3 is 0 Å². The molecule has 0 bridgehead atoms. The van der Waals surface area contributed by atoms with E-state index < -0.39 is 0 Å². The zero-order chi connectivity index (χ0) is 11.2. The van der Waals surface area contributed by atoms with E-state index in [0.29, 0.717) is 0 Å². The smallest absolute Gasteiger partial charge is 0.0434 e. The van der Waals surface area contributed by atoms with Crippen molar-refractivity contribution in [3.63, 3.8) is 0 Å². The molecule has 1 aromatic rings. The molecule has 0 radical (unpaired) electrons. The van der Waals surface area contributed by atoms with Crippen molar-refractivity contribution in [3.8, 4) is 0 Å². The Balaban J connectivity index is 1.85. The summed E-state index contributed by atoms with van der Waals surface area (Å²) >= 11 is 0. The molecule has 0 saturated carbocycles. The lowest BCUT2D eigenvalue weighted by atomic mass is 9.75. The zero-order valence-corrected chi connectivity index (χ0v) is 10.3. The fraction of sp³-hybridized carbons (Fsp3) is 0.600. The van der Waals surface area contributed by atoms with Gasteiger partial charge in [-0.15, -0.1) is 0 Å². The van der Waals surface area contributed by atoms with E-state index in [9.17, 15) is 0 Å². The lowest BCUT2D eigenvalue weighted by Crippen LogP contribution is -2.47. The summed E-state index contributed by atoms with van der Waals surface area (Å²) in [6.07, 6.45) is 3.95. The van der Waals surface area contributed by atoms with E-state index in [1.807, 2.05) is 0 Å².